The standard InChI is InChI=1S/C21H22N2O4S/c1-16(24)27-13-12-22-15-18-7-5-6-17-14-19(10-11-21(17)18)23-28(25,26)20-8-3-2-4-9-20/h2-11,14,22-23H,12-13,15H2,1H3. The van der Waals surface area contributed by atoms with Crippen LogP contribution in [-0.4, -0.2) is 27.5 Å². The molecular formula is C21H22N2O4S. The molecule has 0 amide bonds. The summed E-state index contributed by atoms with van der Waals surface area (Å²) in [6.07, 6.45) is 0. The van der Waals surface area contributed by atoms with Crippen LogP contribution in [0, 0.1) is 0 Å². The van der Waals surface area contributed by atoms with Crippen molar-refractivity contribution in [1.82, 2.24) is 5.32 Å². The molecule has 0 aromatic heterocycles. The van der Waals surface area contributed by atoms with Gasteiger partial charge in [0.2, 0.25) is 0 Å². The third-order valence-electron chi connectivity index (χ3n) is 4.18. The highest BCUT2D eigenvalue weighted by atomic mass is 32.2. The van der Waals surface area contributed by atoms with Crippen LogP contribution in [0.25, 0.3) is 10.8 Å². The molecule has 3 aromatic rings. The molecule has 146 valence electrons. The van der Waals surface area contributed by atoms with Crippen molar-refractivity contribution in [3.05, 3.63) is 72.3 Å². The second-order valence-corrected chi connectivity index (χ2v) is 7.97. The van der Waals surface area contributed by atoms with Gasteiger partial charge in [0, 0.05) is 25.7 Å². The van der Waals surface area contributed by atoms with Gasteiger partial charge in [-0.3, -0.25) is 9.52 Å². The monoisotopic (exact) mass is 398 g/mol. The molecule has 6 nitrogen and oxygen atoms in total. The van der Waals surface area contributed by atoms with E-state index >= 15 is 0 Å². The molecule has 0 aliphatic heterocycles. The third-order valence-corrected chi connectivity index (χ3v) is 5.57. The van der Waals surface area contributed by atoms with Crippen molar-refractivity contribution in [2.24, 2.45) is 0 Å². The smallest absolute Gasteiger partial charge is 0.302 e. The van der Waals surface area contributed by atoms with E-state index in [9.17, 15) is 13.2 Å². The minimum Gasteiger partial charge on any atom is -0.465 e. The Morgan fingerprint density at radius 3 is 2.54 bits per heavy atom. The molecular weight excluding hydrogens is 376 g/mol. The SMILES string of the molecule is CC(=O)OCCNCc1cccc2cc(NS(=O)(=O)c3ccccc3)ccc12. The number of hydrogen-bond acceptors (Lipinski definition) is 5. The molecule has 0 heterocycles. The zero-order chi connectivity index (χ0) is 20.0. The molecule has 0 aliphatic rings. The maximum atomic E-state index is 12.5. The summed E-state index contributed by atoms with van der Waals surface area (Å²) in [6, 6.07) is 19.6. The average molecular weight is 398 g/mol. The Morgan fingerprint density at radius 2 is 1.79 bits per heavy atom. The first kappa shape index (κ1) is 19.9. The van der Waals surface area contributed by atoms with Gasteiger partial charge in [-0.05, 0) is 40.6 Å². The summed E-state index contributed by atoms with van der Waals surface area (Å²) in [5, 5.41) is 5.20. The minimum atomic E-state index is -3.62. The molecule has 0 spiro atoms. The Morgan fingerprint density at radius 1 is 1.00 bits per heavy atom. The lowest BCUT2D eigenvalue weighted by atomic mass is 10.0. The van der Waals surface area contributed by atoms with Crippen LogP contribution in [0.3, 0.4) is 0 Å². The highest BCUT2D eigenvalue weighted by Gasteiger charge is 2.13. The van der Waals surface area contributed by atoms with E-state index in [1.807, 2.05) is 30.3 Å². The van der Waals surface area contributed by atoms with Gasteiger partial charge in [0.05, 0.1) is 4.90 Å². The molecule has 0 aliphatic carbocycles. The fourth-order valence-electron chi connectivity index (χ4n) is 2.87. The average Bonchev–Trinajstić information content (AvgIpc) is 2.68. The van der Waals surface area contributed by atoms with Crippen molar-refractivity contribution in [3.63, 3.8) is 0 Å². The Hall–Kier alpha value is -2.90. The number of sulfonamides is 1. The summed E-state index contributed by atoms with van der Waals surface area (Å²) in [5.74, 6) is -0.294. The highest BCUT2D eigenvalue weighted by Crippen LogP contribution is 2.24. The number of anilines is 1. The van der Waals surface area contributed by atoms with Crippen molar-refractivity contribution in [2.45, 2.75) is 18.4 Å². The normalized spacial score (nSPS) is 11.3. The molecule has 0 fully saturated rings. The summed E-state index contributed by atoms with van der Waals surface area (Å²) in [7, 11) is -3.62. The van der Waals surface area contributed by atoms with E-state index in [1.54, 1.807) is 36.4 Å². The van der Waals surface area contributed by atoms with Crippen LogP contribution < -0.4 is 10.0 Å². The van der Waals surface area contributed by atoms with Crippen LogP contribution in [0.4, 0.5) is 5.69 Å². The van der Waals surface area contributed by atoms with Gasteiger partial charge in [0.25, 0.3) is 10.0 Å². The van der Waals surface area contributed by atoms with E-state index in [2.05, 4.69) is 10.0 Å². The summed E-state index contributed by atoms with van der Waals surface area (Å²) in [5.41, 5.74) is 1.59. The predicted octanol–water partition coefficient (Wildman–Crippen LogP) is 3.29. The second kappa shape index (κ2) is 8.86. The Labute approximate surface area is 164 Å². The van der Waals surface area contributed by atoms with Gasteiger partial charge < -0.3 is 10.1 Å². The highest BCUT2D eigenvalue weighted by molar-refractivity contribution is 7.92. The van der Waals surface area contributed by atoms with Crippen LogP contribution in [0.5, 0.6) is 0 Å². The van der Waals surface area contributed by atoms with Crippen molar-refractivity contribution >= 4 is 32.5 Å². The maximum absolute atomic E-state index is 12.5. The molecule has 3 rings (SSSR count). The molecule has 2 N–H and O–H groups in total. The molecule has 0 atom stereocenters. The number of carbonyl (C=O) groups is 1. The van der Waals surface area contributed by atoms with Gasteiger partial charge in [0.1, 0.15) is 6.61 Å². The first-order chi connectivity index (χ1) is 13.5. The van der Waals surface area contributed by atoms with Crippen LogP contribution in [0.15, 0.2) is 71.6 Å². The van der Waals surface area contributed by atoms with Crippen molar-refractivity contribution in [2.75, 3.05) is 17.9 Å². The number of fused-ring (bicyclic) bond motifs is 1. The fraction of sp³-hybridized carbons (Fsp3) is 0.190. The van der Waals surface area contributed by atoms with Crippen LogP contribution in [0.2, 0.25) is 0 Å². The zero-order valence-corrected chi connectivity index (χ0v) is 16.3. The lowest BCUT2D eigenvalue weighted by Crippen LogP contribution is -2.20. The number of hydrogen-bond donors (Lipinski definition) is 2. The summed E-state index contributed by atoms with van der Waals surface area (Å²) in [4.78, 5) is 11.0. The second-order valence-electron chi connectivity index (χ2n) is 6.29. The molecule has 0 saturated carbocycles. The number of rotatable bonds is 8. The fourth-order valence-corrected chi connectivity index (χ4v) is 3.94. The molecule has 7 heteroatoms. The van der Waals surface area contributed by atoms with E-state index in [4.69, 9.17) is 4.74 Å². The Kier molecular flexibility index (Phi) is 6.28. The number of benzene rings is 3. The third kappa shape index (κ3) is 5.09. The number of ether oxygens (including phenoxy) is 1. The van der Waals surface area contributed by atoms with Crippen LogP contribution in [-0.2, 0) is 26.1 Å². The van der Waals surface area contributed by atoms with Gasteiger partial charge in [-0.1, -0.05) is 42.5 Å². The Balaban J connectivity index is 1.73. The number of carbonyl (C=O) groups excluding carboxylic acids is 1. The molecule has 0 unspecified atom stereocenters. The van der Waals surface area contributed by atoms with E-state index in [0.717, 1.165) is 16.3 Å². The first-order valence-corrected chi connectivity index (χ1v) is 10.4. The molecule has 0 radical (unpaired) electrons. The molecule has 3 aromatic carbocycles. The lowest BCUT2D eigenvalue weighted by Gasteiger charge is -2.11. The largest absolute Gasteiger partial charge is 0.465 e. The Bertz CT molecular complexity index is 1070. The quantitative estimate of drug-likeness (QED) is 0.449. The summed E-state index contributed by atoms with van der Waals surface area (Å²) in [6.45, 7) is 2.89. The van der Waals surface area contributed by atoms with E-state index in [1.165, 1.54) is 6.92 Å². The predicted molar refractivity (Wildman–Crippen MR) is 110 cm³/mol. The summed E-state index contributed by atoms with van der Waals surface area (Å²) >= 11 is 0. The summed E-state index contributed by atoms with van der Waals surface area (Å²) < 4.78 is 32.5. The molecule has 0 bridgehead atoms. The van der Waals surface area contributed by atoms with E-state index < -0.39 is 10.0 Å². The van der Waals surface area contributed by atoms with E-state index in [-0.39, 0.29) is 10.9 Å². The van der Waals surface area contributed by atoms with Gasteiger partial charge in [-0.15, -0.1) is 0 Å². The van der Waals surface area contributed by atoms with Crippen molar-refractivity contribution in [1.29, 1.82) is 0 Å². The van der Waals surface area contributed by atoms with Crippen LogP contribution >= 0.6 is 0 Å². The van der Waals surface area contributed by atoms with Gasteiger partial charge >= 0.3 is 5.97 Å². The maximum Gasteiger partial charge on any atom is 0.302 e. The molecule has 28 heavy (non-hydrogen) atoms. The van der Waals surface area contributed by atoms with Gasteiger partial charge in [-0.2, -0.15) is 0 Å². The van der Waals surface area contributed by atoms with Crippen molar-refractivity contribution < 1.29 is 17.9 Å². The topological polar surface area (TPSA) is 84.5 Å². The van der Waals surface area contributed by atoms with Crippen LogP contribution in [0.1, 0.15) is 12.5 Å². The minimum absolute atomic E-state index is 0.223. The number of nitrogens with one attached hydrogen (secondary N) is 2. The number of esters is 1. The van der Waals surface area contributed by atoms with Gasteiger partial charge in [0.15, 0.2) is 0 Å². The molecule has 0 saturated heterocycles. The van der Waals surface area contributed by atoms with E-state index in [0.29, 0.717) is 25.4 Å². The van der Waals surface area contributed by atoms with Crippen molar-refractivity contribution in [3.8, 4) is 0 Å². The lowest BCUT2D eigenvalue weighted by molar-refractivity contribution is -0.140. The first-order valence-electron chi connectivity index (χ1n) is 8.89. The zero-order valence-electron chi connectivity index (χ0n) is 15.5. The van der Waals surface area contributed by atoms with Gasteiger partial charge in [-0.25, -0.2) is 8.42 Å².